The molecular formula is C79H139N2O7P. The molecule has 0 aliphatic carbocycles. The van der Waals surface area contributed by atoms with Crippen LogP contribution in [0.25, 0.3) is 0 Å². The van der Waals surface area contributed by atoms with Crippen molar-refractivity contribution >= 4 is 19.7 Å². The highest BCUT2D eigenvalue weighted by Crippen LogP contribution is 2.38. The first-order valence-electron chi connectivity index (χ1n) is 36.8. The van der Waals surface area contributed by atoms with Gasteiger partial charge in [0.2, 0.25) is 5.91 Å². The summed E-state index contributed by atoms with van der Waals surface area (Å²) >= 11 is 0. The number of carbonyl (C=O) groups is 2. The van der Waals surface area contributed by atoms with E-state index >= 15 is 0 Å². The lowest BCUT2D eigenvalue weighted by atomic mass is 10.0. The minimum atomic E-state index is -4.71. The van der Waals surface area contributed by atoms with Crippen molar-refractivity contribution in [1.29, 1.82) is 0 Å². The number of nitrogens with zero attached hydrogens (tertiary/aromatic N) is 1. The van der Waals surface area contributed by atoms with Gasteiger partial charge in [0.15, 0.2) is 0 Å². The second kappa shape index (κ2) is 67.3. The van der Waals surface area contributed by atoms with E-state index in [0.717, 1.165) is 135 Å². The van der Waals surface area contributed by atoms with Crippen LogP contribution < -0.4 is 10.2 Å². The molecule has 0 aromatic heterocycles. The van der Waals surface area contributed by atoms with Crippen LogP contribution in [0.2, 0.25) is 0 Å². The molecule has 512 valence electrons. The van der Waals surface area contributed by atoms with E-state index in [2.05, 4.69) is 135 Å². The Hall–Kier alpha value is -3.59. The van der Waals surface area contributed by atoms with Gasteiger partial charge in [0.05, 0.1) is 33.8 Å². The van der Waals surface area contributed by atoms with Gasteiger partial charge < -0.3 is 28.5 Å². The Morgan fingerprint density at radius 3 is 1.10 bits per heavy atom. The quantitative estimate of drug-likeness (QED) is 0.0212. The fourth-order valence-electron chi connectivity index (χ4n) is 10.2. The summed E-state index contributed by atoms with van der Waals surface area (Å²) in [5.74, 6) is -0.551. The fraction of sp³-hybridized carbons (Fsp3) is 0.722. The molecule has 10 heteroatoms. The van der Waals surface area contributed by atoms with Gasteiger partial charge in [-0.1, -0.05) is 303 Å². The van der Waals surface area contributed by atoms with E-state index in [1.54, 1.807) is 0 Å². The standard InChI is InChI=1S/C79H139N2O7P/c1-7-10-13-16-19-22-25-27-29-31-33-35-37-39-40-42-44-46-48-50-52-54-57-60-63-66-69-72-79(83)88-77(70-67-64-61-58-55-24-21-18-15-12-9-3)76(75-87-89(84,85)86-74-73-81(4,5)6)80-78(82)71-68-65-62-59-56-53-51-49-47-45-43-41-38-36-34-32-30-28-26-23-20-17-14-11-8-2/h10,13,19-20,22-23,27-30,33-36,39-41,43,67,70,76-77H,7-9,11-12,14-18,21,24-26,31-32,37-38,42,44-66,68-69,71-75H2,1-6H3,(H-,80,82,84,85)/b13-10-,22-19-,23-20-,29-27-,30-28-,35-33-,36-34-,40-39-,43-41-,70-67+. The predicted octanol–water partition coefficient (Wildman–Crippen LogP) is 23.2. The number of ether oxygens (including phenoxy) is 1. The first kappa shape index (κ1) is 85.4. The van der Waals surface area contributed by atoms with Crippen molar-refractivity contribution in [3.63, 3.8) is 0 Å². The Morgan fingerprint density at radius 2 is 0.719 bits per heavy atom. The molecule has 0 saturated heterocycles. The SMILES string of the molecule is CC/C=C\C/C=C\C/C=C\C/C=C\C/C=C\CCCCCCCCCCCCCC(=O)OC(/C=C/CCCCCCCCCCC)C(COP(=O)([O-])OCC[N+](C)(C)C)NC(=O)CCCCCCCCCCC/C=C\C/C=C\C/C=C\C/C=C\CCCCC. The molecule has 0 saturated carbocycles. The van der Waals surface area contributed by atoms with Crippen molar-refractivity contribution < 1.29 is 37.3 Å². The minimum Gasteiger partial charge on any atom is -0.756 e. The number of carbonyl (C=O) groups excluding carboxylic acids is 2. The molecule has 0 aliphatic heterocycles. The number of quaternary nitrogens is 1. The number of phosphoric acid groups is 1. The largest absolute Gasteiger partial charge is 0.756 e. The van der Waals surface area contributed by atoms with Crippen molar-refractivity contribution in [1.82, 2.24) is 5.32 Å². The minimum absolute atomic E-state index is 0.0292. The lowest BCUT2D eigenvalue weighted by Gasteiger charge is -2.30. The zero-order valence-electron chi connectivity index (χ0n) is 58.6. The van der Waals surface area contributed by atoms with E-state index in [0.29, 0.717) is 17.4 Å². The normalized spacial score (nSPS) is 14.2. The second-order valence-electron chi connectivity index (χ2n) is 25.7. The van der Waals surface area contributed by atoms with Crippen molar-refractivity contribution in [2.75, 3.05) is 40.9 Å². The number of hydrogen-bond donors (Lipinski definition) is 1. The Labute approximate surface area is 550 Å². The van der Waals surface area contributed by atoms with Crippen molar-refractivity contribution in [3.8, 4) is 0 Å². The van der Waals surface area contributed by atoms with Crippen LogP contribution in [0, 0.1) is 0 Å². The Morgan fingerprint density at radius 1 is 0.404 bits per heavy atom. The van der Waals surface area contributed by atoms with Gasteiger partial charge >= 0.3 is 5.97 Å². The number of phosphoric ester groups is 1. The van der Waals surface area contributed by atoms with Crippen molar-refractivity contribution in [2.24, 2.45) is 0 Å². The number of rotatable bonds is 66. The number of nitrogens with one attached hydrogen (secondary N) is 1. The monoisotopic (exact) mass is 1260 g/mol. The third kappa shape index (κ3) is 68.6. The summed E-state index contributed by atoms with van der Waals surface area (Å²) in [5, 5.41) is 3.04. The number of hydrogen-bond acceptors (Lipinski definition) is 7. The summed E-state index contributed by atoms with van der Waals surface area (Å²) in [5.41, 5.74) is 0. The summed E-state index contributed by atoms with van der Waals surface area (Å²) in [4.78, 5) is 40.2. The molecular weight excluding hydrogens is 1120 g/mol. The molecule has 0 aromatic carbocycles. The average molecular weight is 1260 g/mol. The molecule has 0 rings (SSSR count). The zero-order valence-corrected chi connectivity index (χ0v) is 59.5. The number of amides is 1. The van der Waals surface area contributed by atoms with Crippen LogP contribution in [0.1, 0.15) is 316 Å². The Balaban J connectivity index is 5.01. The molecule has 3 atom stereocenters. The van der Waals surface area contributed by atoms with Gasteiger partial charge in [0.1, 0.15) is 19.3 Å². The maximum Gasteiger partial charge on any atom is 0.306 e. The number of likely N-dealkylation sites (N-methyl/N-ethyl adjacent to an activating group) is 1. The Kier molecular flexibility index (Phi) is 64.6. The van der Waals surface area contributed by atoms with Crippen molar-refractivity contribution in [2.45, 2.75) is 328 Å². The van der Waals surface area contributed by atoms with Gasteiger partial charge in [0.25, 0.3) is 7.82 Å². The van der Waals surface area contributed by atoms with E-state index in [9.17, 15) is 19.0 Å². The zero-order chi connectivity index (χ0) is 64.9. The smallest absolute Gasteiger partial charge is 0.306 e. The topological polar surface area (TPSA) is 114 Å². The highest BCUT2D eigenvalue weighted by atomic mass is 31.2. The third-order valence-corrected chi connectivity index (χ3v) is 16.8. The first-order chi connectivity index (χ1) is 43.4. The Bertz CT molecular complexity index is 1940. The van der Waals surface area contributed by atoms with Crippen molar-refractivity contribution in [3.05, 3.63) is 122 Å². The number of allylic oxidation sites excluding steroid dienone is 19. The van der Waals surface area contributed by atoms with Gasteiger partial charge in [-0.15, -0.1) is 0 Å². The van der Waals surface area contributed by atoms with E-state index in [4.69, 9.17) is 13.8 Å². The number of unbranched alkanes of at least 4 members (excludes halogenated alkanes) is 32. The van der Waals surface area contributed by atoms with Crippen LogP contribution in [-0.4, -0.2) is 69.4 Å². The fourth-order valence-corrected chi connectivity index (χ4v) is 11.0. The summed E-state index contributed by atoms with van der Waals surface area (Å²) in [6.07, 6.45) is 94.7. The molecule has 0 bridgehead atoms. The van der Waals surface area contributed by atoms with Gasteiger partial charge in [-0.3, -0.25) is 14.2 Å². The van der Waals surface area contributed by atoms with Gasteiger partial charge in [-0.2, -0.15) is 0 Å². The lowest BCUT2D eigenvalue weighted by Crippen LogP contribution is -2.47. The van der Waals surface area contributed by atoms with Gasteiger partial charge in [-0.25, -0.2) is 0 Å². The summed E-state index contributed by atoms with van der Waals surface area (Å²) in [6, 6.07) is -0.901. The maximum atomic E-state index is 13.6. The highest BCUT2D eigenvalue weighted by Gasteiger charge is 2.27. The maximum absolute atomic E-state index is 13.6. The molecule has 0 spiro atoms. The molecule has 9 nitrogen and oxygen atoms in total. The van der Waals surface area contributed by atoms with Gasteiger partial charge in [0, 0.05) is 12.8 Å². The lowest BCUT2D eigenvalue weighted by molar-refractivity contribution is -0.870. The molecule has 0 aromatic rings. The summed E-state index contributed by atoms with van der Waals surface area (Å²) in [6.45, 7) is 6.70. The van der Waals surface area contributed by atoms with Crippen LogP contribution >= 0.6 is 7.82 Å². The average Bonchev–Trinajstić information content (AvgIpc) is 3.71. The second-order valence-corrected chi connectivity index (χ2v) is 27.1. The molecule has 0 aliphatic rings. The molecule has 89 heavy (non-hydrogen) atoms. The van der Waals surface area contributed by atoms with Crippen LogP contribution in [0.15, 0.2) is 122 Å². The van der Waals surface area contributed by atoms with E-state index in [-0.39, 0.29) is 24.9 Å². The van der Waals surface area contributed by atoms with Crippen LogP contribution in [0.4, 0.5) is 0 Å². The molecule has 3 unspecified atom stereocenters. The first-order valence-corrected chi connectivity index (χ1v) is 38.3. The molecule has 0 fully saturated rings. The molecule has 0 radical (unpaired) electrons. The van der Waals surface area contributed by atoms with Gasteiger partial charge in [-0.05, 0) is 122 Å². The molecule has 1 amide bonds. The van der Waals surface area contributed by atoms with Crippen LogP contribution in [0.5, 0.6) is 0 Å². The van der Waals surface area contributed by atoms with E-state index < -0.39 is 26.6 Å². The summed E-state index contributed by atoms with van der Waals surface area (Å²) in [7, 11) is 1.17. The van der Waals surface area contributed by atoms with Crippen LogP contribution in [0.3, 0.4) is 0 Å². The third-order valence-electron chi connectivity index (χ3n) is 15.9. The number of esters is 1. The van der Waals surface area contributed by atoms with E-state index in [1.807, 2.05) is 33.3 Å². The van der Waals surface area contributed by atoms with Crippen LogP contribution in [-0.2, 0) is 27.9 Å². The molecule has 0 heterocycles. The molecule has 1 N–H and O–H groups in total. The summed E-state index contributed by atoms with van der Waals surface area (Å²) < 4.78 is 30.5. The highest BCUT2D eigenvalue weighted by molar-refractivity contribution is 7.45. The van der Waals surface area contributed by atoms with E-state index in [1.165, 1.54) is 148 Å². The predicted molar refractivity (Wildman–Crippen MR) is 385 cm³/mol.